The lowest BCUT2D eigenvalue weighted by Gasteiger charge is -2.04. The van der Waals surface area contributed by atoms with Crippen molar-refractivity contribution in [3.05, 3.63) is 71.2 Å². The number of benzene rings is 3. The normalized spacial score (nSPS) is 9.84. The summed E-state index contributed by atoms with van der Waals surface area (Å²) in [6.45, 7) is 4.00. The molecule has 0 bridgehead atoms. The Morgan fingerprint density at radius 3 is 2.05 bits per heavy atom. The predicted molar refractivity (Wildman–Crippen MR) is 88.4 cm³/mol. The molecule has 0 N–H and O–H groups in total. The van der Waals surface area contributed by atoms with Crippen molar-refractivity contribution < 1.29 is 0 Å². The van der Waals surface area contributed by atoms with Gasteiger partial charge in [-0.2, -0.15) is 0 Å². The molecule has 3 aromatic rings. The third-order valence-corrected chi connectivity index (χ3v) is 3.40. The fourth-order valence-corrected chi connectivity index (χ4v) is 2.44. The Hall–Kier alpha value is -1.60. The number of hydrogen-bond donors (Lipinski definition) is 0. The van der Waals surface area contributed by atoms with Gasteiger partial charge in [-0.3, -0.25) is 0 Å². The molecule has 0 nitrogen and oxygen atoms in total. The molecule has 3 rings (SSSR count). The van der Waals surface area contributed by atoms with Gasteiger partial charge >= 0.3 is 0 Å². The summed E-state index contributed by atoms with van der Waals surface area (Å²) in [4.78, 5) is 0. The molecule has 0 saturated carbocycles. The third kappa shape index (κ3) is 3.24. The molecule has 0 aromatic heterocycles. The first kappa shape index (κ1) is 13.8. The largest absolute Gasteiger partial charge is 0.0683 e. The quantitative estimate of drug-likeness (QED) is 0.495. The van der Waals surface area contributed by atoms with Gasteiger partial charge in [0.15, 0.2) is 0 Å². The van der Waals surface area contributed by atoms with Gasteiger partial charge in [0.05, 0.1) is 0 Å². The van der Waals surface area contributed by atoms with E-state index in [2.05, 4.69) is 76.6 Å². The zero-order chi connectivity index (χ0) is 13.7. The minimum atomic E-state index is 1.11. The summed E-state index contributed by atoms with van der Waals surface area (Å²) in [5.74, 6) is 0. The Kier molecular flexibility index (Phi) is 4.75. The third-order valence-electron chi connectivity index (χ3n) is 2.91. The second kappa shape index (κ2) is 6.53. The van der Waals surface area contributed by atoms with Crippen LogP contribution in [0.3, 0.4) is 0 Å². The van der Waals surface area contributed by atoms with Crippen LogP contribution < -0.4 is 0 Å². The lowest BCUT2D eigenvalue weighted by Crippen LogP contribution is -1.78. The lowest BCUT2D eigenvalue weighted by molar-refractivity contribution is 1.50. The molecule has 96 valence electrons. The van der Waals surface area contributed by atoms with Crippen LogP contribution in [-0.2, 0) is 0 Å². The van der Waals surface area contributed by atoms with E-state index in [1.807, 2.05) is 19.9 Å². The number of rotatable bonds is 1. The monoisotopic (exact) mass is 312 g/mol. The van der Waals surface area contributed by atoms with Gasteiger partial charge in [-0.15, -0.1) is 0 Å². The fraction of sp³-hybridized carbons (Fsp3) is 0.111. The molecule has 0 fully saturated rings. The number of fused-ring (bicyclic) bond motifs is 1. The average Bonchev–Trinajstić information content (AvgIpc) is 2.49. The van der Waals surface area contributed by atoms with Gasteiger partial charge in [0, 0.05) is 4.47 Å². The van der Waals surface area contributed by atoms with E-state index in [9.17, 15) is 0 Å². The van der Waals surface area contributed by atoms with Crippen molar-refractivity contribution in [2.45, 2.75) is 13.8 Å². The summed E-state index contributed by atoms with van der Waals surface area (Å²) in [5, 5.41) is 2.57. The molecule has 19 heavy (non-hydrogen) atoms. The minimum Gasteiger partial charge on any atom is -0.0683 e. The number of hydrogen-bond acceptors (Lipinski definition) is 0. The van der Waals surface area contributed by atoms with E-state index in [0.29, 0.717) is 0 Å². The predicted octanol–water partition coefficient (Wildman–Crippen LogP) is 6.30. The molecular formula is C18H17Br. The van der Waals surface area contributed by atoms with E-state index in [1.54, 1.807) is 0 Å². The van der Waals surface area contributed by atoms with Crippen molar-refractivity contribution >= 4 is 26.7 Å². The molecule has 0 spiro atoms. The minimum absolute atomic E-state index is 1.11. The van der Waals surface area contributed by atoms with Crippen molar-refractivity contribution in [3.63, 3.8) is 0 Å². The molecule has 0 amide bonds. The van der Waals surface area contributed by atoms with Crippen LogP contribution in [0, 0.1) is 0 Å². The van der Waals surface area contributed by atoms with Gasteiger partial charge in [-0.1, -0.05) is 78.3 Å². The summed E-state index contributed by atoms with van der Waals surface area (Å²) >= 11 is 3.51. The van der Waals surface area contributed by atoms with Gasteiger partial charge in [-0.05, 0) is 40.1 Å². The van der Waals surface area contributed by atoms with Crippen LogP contribution in [-0.4, -0.2) is 0 Å². The molecule has 0 saturated heterocycles. The fourth-order valence-electron chi connectivity index (χ4n) is 2.04. The smallest absolute Gasteiger partial charge is 0.0181 e. The second-order valence-corrected chi connectivity index (χ2v) is 4.99. The van der Waals surface area contributed by atoms with Crippen molar-refractivity contribution in [2.75, 3.05) is 0 Å². The molecule has 0 aliphatic carbocycles. The van der Waals surface area contributed by atoms with E-state index in [-0.39, 0.29) is 0 Å². The summed E-state index contributed by atoms with van der Waals surface area (Å²) in [7, 11) is 0. The molecular weight excluding hydrogens is 296 g/mol. The van der Waals surface area contributed by atoms with Crippen molar-refractivity contribution in [1.29, 1.82) is 0 Å². The first-order valence-corrected chi connectivity index (χ1v) is 7.37. The van der Waals surface area contributed by atoms with E-state index >= 15 is 0 Å². The van der Waals surface area contributed by atoms with Crippen LogP contribution in [0.25, 0.3) is 21.9 Å². The average molecular weight is 313 g/mol. The van der Waals surface area contributed by atoms with Crippen LogP contribution in [0.4, 0.5) is 0 Å². The van der Waals surface area contributed by atoms with E-state index < -0.39 is 0 Å². The summed E-state index contributed by atoms with van der Waals surface area (Å²) in [6.07, 6.45) is 0. The first-order chi connectivity index (χ1) is 9.33. The SMILES string of the molecule is Brc1cccc(-c2ccc3ccccc3c2)c1.CC. The highest BCUT2D eigenvalue weighted by molar-refractivity contribution is 9.10. The highest BCUT2D eigenvalue weighted by Gasteiger charge is 1.99. The maximum Gasteiger partial charge on any atom is 0.0181 e. The zero-order valence-electron chi connectivity index (χ0n) is 11.2. The Labute approximate surface area is 123 Å². The molecule has 0 aliphatic rings. The maximum atomic E-state index is 3.51. The maximum absolute atomic E-state index is 3.51. The van der Waals surface area contributed by atoms with Crippen LogP contribution >= 0.6 is 15.9 Å². The number of halogens is 1. The first-order valence-electron chi connectivity index (χ1n) is 6.58. The zero-order valence-corrected chi connectivity index (χ0v) is 12.8. The van der Waals surface area contributed by atoms with Crippen LogP contribution in [0.2, 0.25) is 0 Å². The Morgan fingerprint density at radius 1 is 0.632 bits per heavy atom. The van der Waals surface area contributed by atoms with E-state index in [0.717, 1.165) is 4.47 Å². The van der Waals surface area contributed by atoms with Gasteiger partial charge in [0.25, 0.3) is 0 Å². The lowest BCUT2D eigenvalue weighted by atomic mass is 10.0. The molecule has 1 heteroatoms. The molecule has 0 atom stereocenters. The van der Waals surface area contributed by atoms with Crippen LogP contribution in [0.1, 0.15) is 13.8 Å². The Morgan fingerprint density at radius 2 is 1.32 bits per heavy atom. The highest BCUT2D eigenvalue weighted by atomic mass is 79.9. The molecule has 0 aliphatic heterocycles. The molecule has 0 heterocycles. The van der Waals surface area contributed by atoms with Crippen LogP contribution in [0.15, 0.2) is 71.2 Å². The standard InChI is InChI=1S/C16H11Br.C2H6/c17-16-7-3-6-14(11-16)15-9-8-12-4-1-2-5-13(12)10-15;1-2/h1-11H;1-2H3. The Bertz CT molecular complexity index is 671. The van der Waals surface area contributed by atoms with Gasteiger partial charge in [-0.25, -0.2) is 0 Å². The Balaban J connectivity index is 0.000000637. The highest BCUT2D eigenvalue weighted by Crippen LogP contribution is 2.26. The summed E-state index contributed by atoms with van der Waals surface area (Å²) in [6, 6.07) is 23.4. The van der Waals surface area contributed by atoms with Gasteiger partial charge in [0.1, 0.15) is 0 Å². The molecule has 0 radical (unpaired) electrons. The van der Waals surface area contributed by atoms with Gasteiger partial charge < -0.3 is 0 Å². The molecule has 0 unspecified atom stereocenters. The van der Waals surface area contributed by atoms with Crippen LogP contribution in [0.5, 0.6) is 0 Å². The van der Waals surface area contributed by atoms with E-state index in [4.69, 9.17) is 0 Å². The summed E-state index contributed by atoms with van der Waals surface area (Å²) in [5.41, 5.74) is 2.50. The van der Waals surface area contributed by atoms with Crippen molar-refractivity contribution in [2.24, 2.45) is 0 Å². The van der Waals surface area contributed by atoms with Crippen molar-refractivity contribution in [1.82, 2.24) is 0 Å². The van der Waals surface area contributed by atoms with Crippen molar-refractivity contribution in [3.8, 4) is 11.1 Å². The van der Waals surface area contributed by atoms with Gasteiger partial charge in [0.2, 0.25) is 0 Å². The second-order valence-electron chi connectivity index (χ2n) is 4.07. The molecule has 3 aromatic carbocycles. The van der Waals surface area contributed by atoms with E-state index in [1.165, 1.54) is 21.9 Å². The topological polar surface area (TPSA) is 0 Å². The summed E-state index contributed by atoms with van der Waals surface area (Å²) < 4.78 is 1.11.